The summed E-state index contributed by atoms with van der Waals surface area (Å²) in [5, 5.41) is 8.91. The molecule has 2 rings (SSSR count). The van der Waals surface area contributed by atoms with Crippen LogP contribution < -0.4 is 0 Å². The van der Waals surface area contributed by atoms with E-state index in [1.165, 1.54) is 0 Å². The first-order valence-electron chi connectivity index (χ1n) is 2.71. The van der Waals surface area contributed by atoms with Crippen LogP contribution in [0, 0.1) is 0 Å². The Morgan fingerprint density at radius 3 is 2.43 bits per heavy atom. The number of ether oxygens (including phenoxy) is 1. The van der Waals surface area contributed by atoms with Gasteiger partial charge in [-0.1, -0.05) is 0 Å². The molecule has 0 spiro atoms. The Hall–Kier alpha value is -0.0800. The van der Waals surface area contributed by atoms with E-state index in [1.54, 1.807) is 0 Å². The highest BCUT2D eigenvalue weighted by Crippen LogP contribution is 2.38. The summed E-state index contributed by atoms with van der Waals surface area (Å²) in [5.74, 6) is 0. The van der Waals surface area contributed by atoms with Crippen molar-refractivity contribution in [1.82, 2.24) is 0 Å². The summed E-state index contributed by atoms with van der Waals surface area (Å²) in [5.41, 5.74) is 0. The lowest BCUT2D eigenvalue weighted by Gasteiger charge is -1.96. The lowest BCUT2D eigenvalue weighted by atomic mass is 10.3. The summed E-state index contributed by atoms with van der Waals surface area (Å²) in [6, 6.07) is 0. The molecule has 0 aromatic rings. The molecule has 0 aromatic carbocycles. The normalized spacial score (nSPS) is 57.0. The highest BCUT2D eigenvalue weighted by Gasteiger charge is 2.49. The van der Waals surface area contributed by atoms with Crippen LogP contribution in [0.25, 0.3) is 0 Å². The van der Waals surface area contributed by atoms with Gasteiger partial charge in [0.1, 0.15) is 6.10 Å². The third-order valence-corrected chi connectivity index (χ3v) is 1.75. The molecule has 7 heavy (non-hydrogen) atoms. The average Bonchev–Trinajstić information content (AvgIpc) is 2.33. The van der Waals surface area contributed by atoms with E-state index < -0.39 is 0 Å². The Kier molecular flexibility index (Phi) is 0.557. The van der Waals surface area contributed by atoms with Crippen molar-refractivity contribution in [1.29, 1.82) is 0 Å². The van der Waals surface area contributed by atoms with Crippen LogP contribution in [-0.2, 0) is 4.74 Å². The Morgan fingerprint density at radius 2 is 2.29 bits per heavy atom. The summed E-state index contributed by atoms with van der Waals surface area (Å²) in [6.07, 6.45) is 2.57. The number of rotatable bonds is 0. The third-order valence-electron chi connectivity index (χ3n) is 1.75. The molecule has 1 aliphatic carbocycles. The molecule has 0 amide bonds. The fraction of sp³-hybridized carbons (Fsp3) is 1.00. The van der Waals surface area contributed by atoms with E-state index in [2.05, 4.69) is 0 Å². The van der Waals surface area contributed by atoms with Gasteiger partial charge in [-0.05, 0) is 12.8 Å². The first kappa shape index (κ1) is 3.87. The second-order valence-corrected chi connectivity index (χ2v) is 2.28. The van der Waals surface area contributed by atoms with E-state index in [-0.39, 0.29) is 12.2 Å². The van der Waals surface area contributed by atoms with E-state index in [0.29, 0.717) is 6.10 Å². The van der Waals surface area contributed by atoms with Crippen molar-refractivity contribution in [2.75, 3.05) is 0 Å². The zero-order valence-corrected chi connectivity index (χ0v) is 4.00. The topological polar surface area (TPSA) is 32.8 Å². The summed E-state index contributed by atoms with van der Waals surface area (Å²) in [4.78, 5) is 0. The minimum absolute atomic E-state index is 0.134. The highest BCUT2D eigenvalue weighted by molar-refractivity contribution is 4.97. The van der Waals surface area contributed by atoms with Crippen molar-refractivity contribution in [2.24, 2.45) is 0 Å². The van der Waals surface area contributed by atoms with Crippen molar-refractivity contribution in [3.05, 3.63) is 0 Å². The number of aliphatic hydroxyl groups is 1. The van der Waals surface area contributed by atoms with Crippen LogP contribution >= 0.6 is 0 Å². The standard InChI is InChI=1S/C5H8O2/c6-3-1-2-4-5(3)7-4/h3-6H,1-2H2/t3-,4-,5+/m0/s1. The van der Waals surface area contributed by atoms with E-state index >= 15 is 0 Å². The average molecular weight is 100 g/mol. The molecule has 2 fully saturated rings. The number of hydrogen-bond donors (Lipinski definition) is 1. The summed E-state index contributed by atoms with van der Waals surface area (Å²) in [7, 11) is 0. The minimum atomic E-state index is -0.134. The maximum Gasteiger partial charge on any atom is 0.110 e. The molecule has 1 heterocycles. The molecule has 0 aromatic heterocycles. The van der Waals surface area contributed by atoms with Gasteiger partial charge in [0.25, 0.3) is 0 Å². The van der Waals surface area contributed by atoms with Gasteiger partial charge in [0.05, 0.1) is 12.2 Å². The van der Waals surface area contributed by atoms with Gasteiger partial charge in [-0.25, -0.2) is 0 Å². The van der Waals surface area contributed by atoms with Crippen LogP contribution in [0.4, 0.5) is 0 Å². The van der Waals surface area contributed by atoms with Crippen LogP contribution in [-0.4, -0.2) is 23.4 Å². The SMILES string of the molecule is O[C@H]1CC[C@@H]2O[C@@H]21. The van der Waals surface area contributed by atoms with E-state index in [4.69, 9.17) is 9.84 Å². The largest absolute Gasteiger partial charge is 0.390 e. The zero-order chi connectivity index (χ0) is 4.85. The summed E-state index contributed by atoms with van der Waals surface area (Å²) in [6.45, 7) is 0. The number of epoxide rings is 1. The maximum absolute atomic E-state index is 8.91. The first-order valence-corrected chi connectivity index (χ1v) is 2.71. The fourth-order valence-corrected chi connectivity index (χ4v) is 1.23. The smallest absolute Gasteiger partial charge is 0.110 e. The Balaban J connectivity index is 2.08. The van der Waals surface area contributed by atoms with Crippen molar-refractivity contribution >= 4 is 0 Å². The highest BCUT2D eigenvalue weighted by atomic mass is 16.6. The van der Waals surface area contributed by atoms with Crippen molar-refractivity contribution in [2.45, 2.75) is 31.2 Å². The minimum Gasteiger partial charge on any atom is -0.390 e. The lowest BCUT2D eigenvalue weighted by molar-refractivity contribution is 0.119. The van der Waals surface area contributed by atoms with E-state index in [0.717, 1.165) is 12.8 Å². The summed E-state index contributed by atoms with van der Waals surface area (Å²) < 4.78 is 5.02. The second-order valence-electron chi connectivity index (χ2n) is 2.28. The quantitative estimate of drug-likeness (QED) is 0.431. The van der Waals surface area contributed by atoms with Crippen molar-refractivity contribution in [3.63, 3.8) is 0 Å². The van der Waals surface area contributed by atoms with Crippen molar-refractivity contribution < 1.29 is 9.84 Å². The number of fused-ring (bicyclic) bond motifs is 1. The molecular formula is C5H8O2. The number of hydrogen-bond acceptors (Lipinski definition) is 2. The molecule has 0 bridgehead atoms. The van der Waals surface area contributed by atoms with Gasteiger partial charge < -0.3 is 9.84 Å². The van der Waals surface area contributed by atoms with Crippen LogP contribution in [0.2, 0.25) is 0 Å². The molecule has 0 unspecified atom stereocenters. The molecule has 1 N–H and O–H groups in total. The summed E-state index contributed by atoms with van der Waals surface area (Å²) >= 11 is 0. The van der Waals surface area contributed by atoms with Gasteiger partial charge in [-0.15, -0.1) is 0 Å². The number of aliphatic hydroxyl groups excluding tert-OH is 1. The Labute approximate surface area is 42.1 Å². The van der Waals surface area contributed by atoms with Crippen LogP contribution in [0.5, 0.6) is 0 Å². The molecule has 40 valence electrons. The Morgan fingerprint density at radius 1 is 1.43 bits per heavy atom. The molecule has 1 saturated carbocycles. The van der Waals surface area contributed by atoms with Crippen LogP contribution in [0.3, 0.4) is 0 Å². The maximum atomic E-state index is 8.91. The lowest BCUT2D eigenvalue weighted by Crippen LogP contribution is -2.08. The zero-order valence-electron chi connectivity index (χ0n) is 4.00. The molecule has 1 saturated heterocycles. The first-order chi connectivity index (χ1) is 3.38. The predicted octanol–water partition coefficient (Wildman–Crippen LogP) is -0.0915. The molecule has 2 aliphatic rings. The predicted molar refractivity (Wildman–Crippen MR) is 23.9 cm³/mol. The Bertz CT molecular complexity index is 92.1. The van der Waals surface area contributed by atoms with E-state index in [9.17, 15) is 0 Å². The van der Waals surface area contributed by atoms with E-state index in [1.807, 2.05) is 0 Å². The van der Waals surface area contributed by atoms with Gasteiger partial charge in [0, 0.05) is 0 Å². The molecular weight excluding hydrogens is 92.1 g/mol. The van der Waals surface area contributed by atoms with Gasteiger partial charge in [-0.2, -0.15) is 0 Å². The van der Waals surface area contributed by atoms with Crippen LogP contribution in [0.1, 0.15) is 12.8 Å². The second kappa shape index (κ2) is 1.01. The molecule has 0 radical (unpaired) electrons. The van der Waals surface area contributed by atoms with Crippen molar-refractivity contribution in [3.8, 4) is 0 Å². The molecule has 2 heteroatoms. The molecule has 1 aliphatic heterocycles. The monoisotopic (exact) mass is 100 g/mol. The van der Waals surface area contributed by atoms with Gasteiger partial charge >= 0.3 is 0 Å². The van der Waals surface area contributed by atoms with Crippen LogP contribution in [0.15, 0.2) is 0 Å². The van der Waals surface area contributed by atoms with Gasteiger partial charge in [0.15, 0.2) is 0 Å². The molecule has 3 atom stereocenters. The third kappa shape index (κ3) is 0.409. The fourth-order valence-electron chi connectivity index (χ4n) is 1.23. The van der Waals surface area contributed by atoms with Gasteiger partial charge in [-0.3, -0.25) is 0 Å². The molecule has 2 nitrogen and oxygen atoms in total. The van der Waals surface area contributed by atoms with Gasteiger partial charge in [0.2, 0.25) is 0 Å².